The maximum absolute atomic E-state index is 14.0. The van der Waals surface area contributed by atoms with E-state index in [1.54, 1.807) is 19.1 Å². The smallest absolute Gasteiger partial charge is 0.219 e. The summed E-state index contributed by atoms with van der Waals surface area (Å²) in [5.74, 6) is 1.36. The molecule has 0 N–H and O–H groups in total. The number of benzene rings is 1. The Morgan fingerprint density at radius 2 is 2.12 bits per heavy atom. The van der Waals surface area contributed by atoms with Gasteiger partial charge in [-0.2, -0.15) is 0 Å². The molecule has 3 heteroatoms. The molecule has 0 spiro atoms. The predicted molar refractivity (Wildman–Crippen MR) is 107 cm³/mol. The van der Waals surface area contributed by atoms with Crippen molar-refractivity contribution in [1.29, 1.82) is 0 Å². The number of hydrogen-bond donors (Lipinski definition) is 0. The number of carbonyl (C=O) groups is 1. The van der Waals surface area contributed by atoms with Crippen LogP contribution in [0.4, 0.5) is 4.39 Å². The molecule has 0 bridgehead atoms. The molecule has 0 saturated heterocycles. The first-order valence-electron chi connectivity index (χ1n) is 10.2. The second kappa shape index (κ2) is 10.5. The van der Waals surface area contributed by atoms with Crippen LogP contribution in [0.25, 0.3) is 0 Å². The molecular formula is C23H34FNO. The topological polar surface area (TPSA) is 20.3 Å². The molecule has 1 fully saturated rings. The molecule has 144 valence electrons. The van der Waals surface area contributed by atoms with Gasteiger partial charge in [0.15, 0.2) is 0 Å². The Labute approximate surface area is 158 Å². The third-order valence-corrected chi connectivity index (χ3v) is 5.52. The number of aryl methyl sites for hydroxylation is 1. The van der Waals surface area contributed by atoms with Crippen LogP contribution in [0, 0.1) is 11.7 Å². The Balaban J connectivity index is 1.73. The first-order chi connectivity index (χ1) is 12.5. The molecule has 2 nitrogen and oxygen atoms in total. The van der Waals surface area contributed by atoms with Gasteiger partial charge >= 0.3 is 0 Å². The lowest BCUT2D eigenvalue weighted by atomic mass is 9.92. The van der Waals surface area contributed by atoms with Gasteiger partial charge in [0.05, 0.1) is 0 Å². The second-order valence-corrected chi connectivity index (χ2v) is 7.84. The van der Waals surface area contributed by atoms with Crippen molar-refractivity contribution >= 4 is 5.91 Å². The minimum absolute atomic E-state index is 0.0480. The summed E-state index contributed by atoms with van der Waals surface area (Å²) in [6.07, 6.45) is 10.8. The van der Waals surface area contributed by atoms with Gasteiger partial charge in [0.1, 0.15) is 5.82 Å². The van der Waals surface area contributed by atoms with Gasteiger partial charge in [-0.15, -0.1) is 6.58 Å². The van der Waals surface area contributed by atoms with Crippen LogP contribution in [0.2, 0.25) is 0 Å². The van der Waals surface area contributed by atoms with E-state index in [1.165, 1.54) is 18.4 Å². The molecule has 0 aromatic heterocycles. The molecule has 26 heavy (non-hydrogen) atoms. The van der Waals surface area contributed by atoms with Crippen LogP contribution in [0.1, 0.15) is 75.8 Å². The molecule has 1 saturated carbocycles. The first-order valence-corrected chi connectivity index (χ1v) is 10.2. The Bertz CT molecular complexity index is 594. The van der Waals surface area contributed by atoms with E-state index in [0.29, 0.717) is 12.5 Å². The Morgan fingerprint density at radius 3 is 2.77 bits per heavy atom. The van der Waals surface area contributed by atoms with E-state index < -0.39 is 0 Å². The van der Waals surface area contributed by atoms with Gasteiger partial charge in [-0.25, -0.2) is 4.39 Å². The number of hydrogen-bond acceptors (Lipinski definition) is 1. The quantitative estimate of drug-likeness (QED) is 0.338. The van der Waals surface area contributed by atoms with E-state index in [0.717, 1.165) is 56.6 Å². The molecule has 2 rings (SSSR count). The summed E-state index contributed by atoms with van der Waals surface area (Å²) >= 11 is 0. The average Bonchev–Trinajstić information content (AvgIpc) is 3.43. The van der Waals surface area contributed by atoms with E-state index in [1.807, 2.05) is 11.0 Å². The summed E-state index contributed by atoms with van der Waals surface area (Å²) in [7, 11) is 0. The minimum atomic E-state index is -0.0480. The lowest BCUT2D eigenvalue weighted by Gasteiger charge is -2.19. The fourth-order valence-electron chi connectivity index (χ4n) is 3.49. The van der Waals surface area contributed by atoms with E-state index in [9.17, 15) is 9.18 Å². The summed E-state index contributed by atoms with van der Waals surface area (Å²) in [6.45, 7) is 8.98. The zero-order valence-electron chi connectivity index (χ0n) is 16.5. The maximum Gasteiger partial charge on any atom is 0.219 e. The van der Waals surface area contributed by atoms with Crippen molar-refractivity contribution in [3.05, 3.63) is 47.8 Å². The Morgan fingerprint density at radius 1 is 1.35 bits per heavy atom. The zero-order valence-corrected chi connectivity index (χ0v) is 16.5. The Kier molecular flexibility index (Phi) is 8.34. The van der Waals surface area contributed by atoms with Crippen LogP contribution in [0.5, 0.6) is 0 Å². The van der Waals surface area contributed by atoms with Crippen molar-refractivity contribution in [2.75, 3.05) is 13.1 Å². The number of unbranched alkanes of at least 4 members (excludes halogenated alkanes) is 2. The van der Waals surface area contributed by atoms with Gasteiger partial charge < -0.3 is 4.90 Å². The minimum Gasteiger partial charge on any atom is -0.339 e. The molecule has 1 aliphatic rings. The fraction of sp³-hybridized carbons (Fsp3) is 0.609. The summed E-state index contributed by atoms with van der Waals surface area (Å²) in [6, 6.07) is 5.68. The molecular weight excluding hydrogens is 325 g/mol. The highest BCUT2D eigenvalue weighted by molar-refractivity contribution is 5.73. The van der Waals surface area contributed by atoms with Gasteiger partial charge in [-0.1, -0.05) is 50.8 Å². The maximum atomic E-state index is 14.0. The van der Waals surface area contributed by atoms with Gasteiger partial charge in [-0.3, -0.25) is 4.79 Å². The molecule has 1 unspecified atom stereocenters. The summed E-state index contributed by atoms with van der Waals surface area (Å²) in [4.78, 5) is 13.3. The monoisotopic (exact) mass is 359 g/mol. The lowest BCUT2D eigenvalue weighted by molar-refractivity contribution is -0.128. The number of amides is 1. The second-order valence-electron chi connectivity index (χ2n) is 7.84. The van der Waals surface area contributed by atoms with Crippen LogP contribution < -0.4 is 0 Å². The van der Waals surface area contributed by atoms with Gasteiger partial charge in [0.2, 0.25) is 5.91 Å². The van der Waals surface area contributed by atoms with Crippen molar-refractivity contribution in [1.82, 2.24) is 4.90 Å². The van der Waals surface area contributed by atoms with Crippen LogP contribution >= 0.6 is 0 Å². The molecule has 1 aromatic rings. The van der Waals surface area contributed by atoms with Crippen LogP contribution in [-0.2, 0) is 11.2 Å². The molecule has 0 heterocycles. The third kappa shape index (κ3) is 6.93. The number of carbonyl (C=O) groups excluding carboxylic acids is 1. The average molecular weight is 360 g/mol. The molecule has 1 aliphatic carbocycles. The van der Waals surface area contributed by atoms with Crippen molar-refractivity contribution in [3.8, 4) is 0 Å². The Hall–Kier alpha value is -1.64. The van der Waals surface area contributed by atoms with E-state index in [4.69, 9.17) is 0 Å². The molecule has 1 aromatic carbocycles. The van der Waals surface area contributed by atoms with Crippen molar-refractivity contribution in [3.63, 3.8) is 0 Å². The normalized spacial score (nSPS) is 14.9. The highest BCUT2D eigenvalue weighted by atomic mass is 19.1. The van der Waals surface area contributed by atoms with E-state index in [-0.39, 0.29) is 11.7 Å². The highest BCUT2D eigenvalue weighted by Crippen LogP contribution is 2.34. The van der Waals surface area contributed by atoms with Crippen molar-refractivity contribution in [2.24, 2.45) is 5.92 Å². The number of halogens is 1. The van der Waals surface area contributed by atoms with E-state index >= 15 is 0 Å². The van der Waals surface area contributed by atoms with Gasteiger partial charge in [-0.05, 0) is 54.7 Å². The van der Waals surface area contributed by atoms with Crippen LogP contribution in [0.3, 0.4) is 0 Å². The predicted octanol–water partition coefficient (Wildman–Crippen LogP) is 5.87. The van der Waals surface area contributed by atoms with Crippen LogP contribution in [0.15, 0.2) is 30.9 Å². The number of nitrogens with zero attached hydrogens (tertiary/aromatic N) is 1. The van der Waals surface area contributed by atoms with E-state index in [2.05, 4.69) is 19.6 Å². The molecule has 1 atom stereocenters. The third-order valence-electron chi connectivity index (χ3n) is 5.52. The van der Waals surface area contributed by atoms with Crippen molar-refractivity contribution in [2.45, 2.75) is 71.1 Å². The lowest BCUT2D eigenvalue weighted by Crippen LogP contribution is -2.29. The largest absolute Gasteiger partial charge is 0.339 e. The first kappa shape index (κ1) is 20.7. The van der Waals surface area contributed by atoms with Gasteiger partial charge in [0, 0.05) is 20.0 Å². The summed E-state index contributed by atoms with van der Waals surface area (Å²) < 4.78 is 14.0. The molecule has 0 radical (unpaired) electrons. The molecule has 0 aliphatic heterocycles. The highest BCUT2D eigenvalue weighted by Gasteiger charge is 2.21. The summed E-state index contributed by atoms with van der Waals surface area (Å²) in [5, 5.41) is 0. The SMILES string of the molecule is C=CCN(CCCCCC(C)c1ccc(F)c(CCC2CC2)c1)C(C)=O. The fourth-order valence-corrected chi connectivity index (χ4v) is 3.49. The standard InChI is InChI=1S/C23H34FNO/c1-4-15-25(19(3)26)16-7-5-6-8-18(2)21-13-14-23(24)22(17-21)12-11-20-9-10-20/h4,13-14,17-18,20H,1,5-12,15-16H2,2-3H3. The molecule has 1 amide bonds. The zero-order chi connectivity index (χ0) is 18.9. The van der Waals surface area contributed by atoms with Crippen LogP contribution in [-0.4, -0.2) is 23.9 Å². The summed E-state index contributed by atoms with van der Waals surface area (Å²) in [5.41, 5.74) is 2.15. The number of rotatable bonds is 12. The van der Waals surface area contributed by atoms with Crippen molar-refractivity contribution < 1.29 is 9.18 Å². The van der Waals surface area contributed by atoms with Gasteiger partial charge in [0.25, 0.3) is 0 Å².